The second-order valence-electron chi connectivity index (χ2n) is 4.32. The number of hydrogen-bond donors (Lipinski definition) is 1. The van der Waals surface area contributed by atoms with Crippen molar-refractivity contribution in [3.8, 4) is 5.75 Å². The number of ether oxygens (including phenoxy) is 1. The lowest BCUT2D eigenvalue weighted by Gasteiger charge is -2.08. The number of aryl methyl sites for hydroxylation is 1. The molecule has 0 atom stereocenters. The quantitative estimate of drug-likeness (QED) is 0.869. The van der Waals surface area contributed by atoms with Gasteiger partial charge in [0.15, 0.2) is 0 Å². The highest BCUT2D eigenvalue weighted by molar-refractivity contribution is 9.10. The molecular weight excluding hydrogens is 344 g/mol. The molecule has 0 aliphatic carbocycles. The Morgan fingerprint density at radius 1 is 1.19 bits per heavy atom. The zero-order valence-corrected chi connectivity index (χ0v) is 12.7. The van der Waals surface area contributed by atoms with Gasteiger partial charge in [0.25, 0.3) is 5.91 Å². The van der Waals surface area contributed by atoms with Gasteiger partial charge in [0, 0.05) is 15.7 Å². The van der Waals surface area contributed by atoms with Crippen LogP contribution in [0.5, 0.6) is 5.75 Å². The summed E-state index contributed by atoms with van der Waals surface area (Å²) in [6.45, 7) is -0.966. The lowest BCUT2D eigenvalue weighted by Crippen LogP contribution is -2.12. The summed E-state index contributed by atoms with van der Waals surface area (Å²) in [6.07, 6.45) is 0. The number of alkyl halides is 2. The maximum atomic E-state index is 12.0. The third-order valence-electron chi connectivity index (χ3n) is 2.76. The molecule has 0 aliphatic rings. The summed E-state index contributed by atoms with van der Waals surface area (Å²) < 4.78 is 29.2. The van der Waals surface area contributed by atoms with Gasteiger partial charge >= 0.3 is 6.61 Å². The molecule has 2 aromatic carbocycles. The molecule has 0 unspecified atom stereocenters. The van der Waals surface area contributed by atoms with E-state index in [1.165, 1.54) is 24.3 Å². The molecule has 0 bridgehead atoms. The summed E-state index contributed by atoms with van der Waals surface area (Å²) in [5.74, 6) is -0.304. The molecule has 110 valence electrons. The SMILES string of the molecule is Cc1cc(NC(=O)c2ccc(OC(F)F)cc2)ccc1Br. The lowest BCUT2D eigenvalue weighted by molar-refractivity contribution is -0.0498. The van der Waals surface area contributed by atoms with Crippen molar-refractivity contribution in [2.75, 3.05) is 5.32 Å². The molecule has 21 heavy (non-hydrogen) atoms. The van der Waals surface area contributed by atoms with Gasteiger partial charge in [-0.1, -0.05) is 15.9 Å². The van der Waals surface area contributed by atoms with Crippen molar-refractivity contribution in [1.29, 1.82) is 0 Å². The monoisotopic (exact) mass is 355 g/mol. The number of halogens is 3. The molecule has 0 saturated carbocycles. The molecule has 0 saturated heterocycles. The summed E-state index contributed by atoms with van der Waals surface area (Å²) in [7, 11) is 0. The van der Waals surface area contributed by atoms with Crippen molar-refractivity contribution in [3.05, 3.63) is 58.1 Å². The number of rotatable bonds is 4. The second-order valence-corrected chi connectivity index (χ2v) is 5.18. The van der Waals surface area contributed by atoms with Gasteiger partial charge in [0.2, 0.25) is 0 Å². The molecule has 0 heterocycles. The fraction of sp³-hybridized carbons (Fsp3) is 0.133. The van der Waals surface area contributed by atoms with E-state index in [2.05, 4.69) is 26.0 Å². The molecule has 2 aromatic rings. The topological polar surface area (TPSA) is 38.3 Å². The second kappa shape index (κ2) is 6.67. The first-order valence-electron chi connectivity index (χ1n) is 6.08. The summed E-state index contributed by atoms with van der Waals surface area (Å²) in [4.78, 5) is 12.0. The van der Waals surface area contributed by atoms with Gasteiger partial charge < -0.3 is 10.1 Å². The van der Waals surface area contributed by atoms with E-state index in [-0.39, 0.29) is 11.7 Å². The van der Waals surface area contributed by atoms with Crippen molar-refractivity contribution in [1.82, 2.24) is 0 Å². The first kappa shape index (κ1) is 15.4. The Morgan fingerprint density at radius 3 is 2.43 bits per heavy atom. The van der Waals surface area contributed by atoms with E-state index in [4.69, 9.17) is 0 Å². The Bertz CT molecular complexity index is 645. The number of benzene rings is 2. The number of carbonyl (C=O) groups is 1. The van der Waals surface area contributed by atoms with Gasteiger partial charge in [-0.05, 0) is 55.0 Å². The normalized spacial score (nSPS) is 10.5. The fourth-order valence-corrected chi connectivity index (χ4v) is 1.96. The molecule has 6 heteroatoms. The van der Waals surface area contributed by atoms with E-state index in [1.54, 1.807) is 6.07 Å². The first-order chi connectivity index (χ1) is 9.95. The van der Waals surface area contributed by atoms with Crippen LogP contribution in [-0.2, 0) is 0 Å². The van der Waals surface area contributed by atoms with Crippen LogP contribution in [0.4, 0.5) is 14.5 Å². The van der Waals surface area contributed by atoms with Crippen LogP contribution in [0.3, 0.4) is 0 Å². The van der Waals surface area contributed by atoms with E-state index in [9.17, 15) is 13.6 Å². The van der Waals surface area contributed by atoms with Gasteiger partial charge in [-0.3, -0.25) is 4.79 Å². The van der Waals surface area contributed by atoms with Gasteiger partial charge in [0.1, 0.15) is 5.75 Å². The number of anilines is 1. The Morgan fingerprint density at radius 2 is 1.86 bits per heavy atom. The number of amides is 1. The van der Waals surface area contributed by atoms with E-state index < -0.39 is 6.61 Å². The Kier molecular flexibility index (Phi) is 4.90. The predicted molar refractivity (Wildman–Crippen MR) is 79.9 cm³/mol. The third kappa shape index (κ3) is 4.26. The Labute approximate surface area is 129 Å². The summed E-state index contributed by atoms with van der Waals surface area (Å²) >= 11 is 3.38. The van der Waals surface area contributed by atoms with Crippen LogP contribution in [0, 0.1) is 6.92 Å². The van der Waals surface area contributed by atoms with E-state index in [0.29, 0.717) is 11.3 Å². The predicted octanol–water partition coefficient (Wildman–Crippen LogP) is 4.61. The van der Waals surface area contributed by atoms with Crippen LogP contribution in [0.2, 0.25) is 0 Å². The van der Waals surface area contributed by atoms with Crippen LogP contribution >= 0.6 is 15.9 Å². The highest BCUT2D eigenvalue weighted by atomic mass is 79.9. The van der Waals surface area contributed by atoms with Gasteiger partial charge in [-0.2, -0.15) is 8.78 Å². The maximum absolute atomic E-state index is 12.0. The molecule has 0 fully saturated rings. The van der Waals surface area contributed by atoms with E-state index >= 15 is 0 Å². The summed E-state index contributed by atoms with van der Waals surface area (Å²) in [5.41, 5.74) is 2.01. The average molecular weight is 356 g/mol. The Hall–Kier alpha value is -1.95. The highest BCUT2D eigenvalue weighted by Gasteiger charge is 2.09. The van der Waals surface area contributed by atoms with Crippen LogP contribution in [0.15, 0.2) is 46.9 Å². The first-order valence-corrected chi connectivity index (χ1v) is 6.87. The van der Waals surface area contributed by atoms with Crippen molar-refractivity contribution in [2.45, 2.75) is 13.5 Å². The van der Waals surface area contributed by atoms with E-state index in [0.717, 1.165) is 10.0 Å². The van der Waals surface area contributed by atoms with Gasteiger partial charge in [-0.25, -0.2) is 0 Å². The van der Waals surface area contributed by atoms with Crippen LogP contribution in [0.1, 0.15) is 15.9 Å². The zero-order chi connectivity index (χ0) is 15.4. The molecule has 1 N–H and O–H groups in total. The van der Waals surface area contributed by atoms with Crippen molar-refractivity contribution < 1.29 is 18.3 Å². The summed E-state index contributed by atoms with van der Waals surface area (Å²) in [6, 6.07) is 10.9. The van der Waals surface area contributed by atoms with Crippen LogP contribution in [-0.4, -0.2) is 12.5 Å². The smallest absolute Gasteiger partial charge is 0.387 e. The van der Waals surface area contributed by atoms with Crippen molar-refractivity contribution in [2.24, 2.45) is 0 Å². The molecule has 2 rings (SSSR count). The van der Waals surface area contributed by atoms with E-state index in [1.807, 2.05) is 19.1 Å². The molecule has 1 amide bonds. The zero-order valence-electron chi connectivity index (χ0n) is 11.1. The summed E-state index contributed by atoms with van der Waals surface area (Å²) in [5, 5.41) is 2.74. The Balaban J connectivity index is 2.07. The largest absolute Gasteiger partial charge is 0.435 e. The standard InChI is InChI=1S/C15H12BrF2NO2/c1-9-8-11(4-7-13(9)16)19-14(20)10-2-5-12(6-3-10)21-15(17)18/h2-8,15H,1H3,(H,19,20). The third-order valence-corrected chi connectivity index (χ3v) is 3.65. The highest BCUT2D eigenvalue weighted by Crippen LogP contribution is 2.21. The number of nitrogens with one attached hydrogen (secondary N) is 1. The van der Waals surface area contributed by atoms with Crippen molar-refractivity contribution >= 4 is 27.5 Å². The van der Waals surface area contributed by atoms with Crippen molar-refractivity contribution in [3.63, 3.8) is 0 Å². The lowest BCUT2D eigenvalue weighted by atomic mass is 10.2. The minimum Gasteiger partial charge on any atom is -0.435 e. The molecule has 0 radical (unpaired) electrons. The van der Waals surface area contributed by atoms with Gasteiger partial charge in [-0.15, -0.1) is 0 Å². The fourth-order valence-electron chi connectivity index (χ4n) is 1.71. The number of hydrogen-bond acceptors (Lipinski definition) is 2. The molecule has 0 aliphatic heterocycles. The minimum absolute atomic E-state index is 0.0148. The molecule has 3 nitrogen and oxygen atoms in total. The van der Waals surface area contributed by atoms with Crippen LogP contribution < -0.4 is 10.1 Å². The number of carbonyl (C=O) groups excluding carboxylic acids is 1. The molecule has 0 spiro atoms. The molecule has 0 aromatic heterocycles. The average Bonchev–Trinajstić information content (AvgIpc) is 2.43. The van der Waals surface area contributed by atoms with Crippen LogP contribution in [0.25, 0.3) is 0 Å². The maximum Gasteiger partial charge on any atom is 0.387 e. The molecular formula is C15H12BrF2NO2. The minimum atomic E-state index is -2.88. The van der Waals surface area contributed by atoms with Gasteiger partial charge in [0.05, 0.1) is 0 Å².